The predicted octanol–water partition coefficient (Wildman–Crippen LogP) is 2.86. The number of halogens is 1. The molecule has 0 aliphatic heterocycles. The second-order valence-electron chi connectivity index (χ2n) is 2.90. The third kappa shape index (κ3) is 1.75. The minimum atomic E-state index is -0.207. The average Bonchev–Trinajstić information content (AvgIpc) is 2.73. The van der Waals surface area contributed by atoms with Crippen molar-refractivity contribution < 1.29 is 4.42 Å². The van der Waals surface area contributed by atoms with Crippen LogP contribution in [0.15, 0.2) is 26.6 Å². The molecule has 14 heavy (non-hydrogen) atoms. The van der Waals surface area contributed by atoms with Crippen molar-refractivity contribution in [1.82, 2.24) is 4.98 Å². The molecule has 74 valence electrons. The quantitative estimate of drug-likeness (QED) is 0.915. The zero-order valence-corrected chi connectivity index (χ0v) is 9.93. The smallest absolute Gasteiger partial charge is 0.191 e. The van der Waals surface area contributed by atoms with Crippen LogP contribution in [0.25, 0.3) is 0 Å². The zero-order chi connectivity index (χ0) is 10.1. The fraction of sp³-hybridized carbons (Fsp3) is 0.222. The molecule has 2 aromatic heterocycles. The van der Waals surface area contributed by atoms with Gasteiger partial charge in [0.2, 0.25) is 0 Å². The third-order valence-corrected chi connectivity index (χ3v) is 3.84. The lowest BCUT2D eigenvalue weighted by atomic mass is 10.2. The third-order valence-electron chi connectivity index (χ3n) is 1.88. The summed E-state index contributed by atoms with van der Waals surface area (Å²) < 4.78 is 6.15. The van der Waals surface area contributed by atoms with Gasteiger partial charge in [0.05, 0.1) is 6.04 Å². The minimum absolute atomic E-state index is 0.207. The van der Waals surface area contributed by atoms with Gasteiger partial charge in [-0.2, -0.15) is 0 Å². The van der Waals surface area contributed by atoms with Crippen molar-refractivity contribution in [3.8, 4) is 0 Å². The molecule has 0 saturated heterocycles. The summed E-state index contributed by atoms with van der Waals surface area (Å²) in [5, 5.41) is 1.99. The lowest BCUT2D eigenvalue weighted by Gasteiger charge is -2.05. The highest BCUT2D eigenvalue weighted by Gasteiger charge is 2.16. The number of nitrogens with zero attached hydrogens (tertiary/aromatic N) is 1. The van der Waals surface area contributed by atoms with Gasteiger partial charge in [0.25, 0.3) is 0 Å². The number of aromatic nitrogens is 1. The maximum Gasteiger partial charge on any atom is 0.191 e. The van der Waals surface area contributed by atoms with Crippen LogP contribution in [0.3, 0.4) is 0 Å². The molecule has 2 rings (SSSR count). The number of hydrogen-bond donors (Lipinski definition) is 1. The second kappa shape index (κ2) is 3.84. The Morgan fingerprint density at radius 2 is 2.43 bits per heavy atom. The van der Waals surface area contributed by atoms with Crippen molar-refractivity contribution in [3.63, 3.8) is 0 Å². The monoisotopic (exact) mass is 272 g/mol. The molecular formula is C9H9BrN2OS. The first-order chi connectivity index (χ1) is 6.68. The van der Waals surface area contributed by atoms with Gasteiger partial charge in [-0.3, -0.25) is 0 Å². The molecule has 2 N–H and O–H groups in total. The molecule has 0 amide bonds. The highest BCUT2D eigenvalue weighted by molar-refractivity contribution is 9.10. The fourth-order valence-corrected chi connectivity index (χ4v) is 2.82. The van der Waals surface area contributed by atoms with E-state index < -0.39 is 0 Å². The first-order valence-corrected chi connectivity index (χ1v) is 5.76. The Bertz CT molecular complexity index is 437. The fourth-order valence-electron chi connectivity index (χ4n) is 1.18. The van der Waals surface area contributed by atoms with Crippen LogP contribution in [0.4, 0.5) is 0 Å². The van der Waals surface area contributed by atoms with Gasteiger partial charge in [-0.15, -0.1) is 11.3 Å². The van der Waals surface area contributed by atoms with Crippen LogP contribution in [0.2, 0.25) is 0 Å². The number of hydrogen-bond acceptors (Lipinski definition) is 4. The van der Waals surface area contributed by atoms with E-state index in [9.17, 15) is 0 Å². The van der Waals surface area contributed by atoms with Crippen molar-refractivity contribution in [1.29, 1.82) is 0 Å². The lowest BCUT2D eigenvalue weighted by molar-refractivity contribution is 0.520. The molecular weight excluding hydrogens is 264 g/mol. The van der Waals surface area contributed by atoms with Crippen molar-refractivity contribution in [3.05, 3.63) is 38.6 Å². The molecule has 1 unspecified atom stereocenters. The summed E-state index contributed by atoms with van der Waals surface area (Å²) in [5.74, 6) is 0.642. The van der Waals surface area contributed by atoms with Crippen molar-refractivity contribution >= 4 is 27.3 Å². The van der Waals surface area contributed by atoms with E-state index in [-0.39, 0.29) is 6.04 Å². The van der Waals surface area contributed by atoms with Crippen LogP contribution in [-0.2, 0) is 0 Å². The Balaban J connectivity index is 2.33. The van der Waals surface area contributed by atoms with E-state index in [1.165, 1.54) is 0 Å². The Labute approximate surface area is 94.1 Å². The van der Waals surface area contributed by atoms with Gasteiger partial charge < -0.3 is 10.2 Å². The van der Waals surface area contributed by atoms with Gasteiger partial charge in [0.15, 0.2) is 5.89 Å². The van der Waals surface area contributed by atoms with Gasteiger partial charge >= 0.3 is 0 Å². The Morgan fingerprint density at radius 3 is 2.93 bits per heavy atom. The van der Waals surface area contributed by atoms with E-state index in [1.807, 2.05) is 11.4 Å². The Morgan fingerprint density at radius 1 is 1.64 bits per heavy atom. The zero-order valence-electron chi connectivity index (χ0n) is 7.53. The highest BCUT2D eigenvalue weighted by atomic mass is 79.9. The summed E-state index contributed by atoms with van der Waals surface area (Å²) in [4.78, 5) is 5.27. The second-order valence-corrected chi connectivity index (χ2v) is 4.70. The number of oxazole rings is 1. The molecule has 3 nitrogen and oxygen atoms in total. The van der Waals surface area contributed by atoms with Gasteiger partial charge in [-0.05, 0) is 27.4 Å². The van der Waals surface area contributed by atoms with Gasteiger partial charge in [-0.1, -0.05) is 0 Å². The molecule has 0 radical (unpaired) electrons. The van der Waals surface area contributed by atoms with E-state index in [2.05, 4.69) is 20.9 Å². The van der Waals surface area contributed by atoms with E-state index in [4.69, 9.17) is 10.2 Å². The molecule has 0 spiro atoms. The van der Waals surface area contributed by atoms with E-state index in [0.29, 0.717) is 5.89 Å². The maximum absolute atomic E-state index is 6.03. The molecule has 0 fully saturated rings. The highest BCUT2D eigenvalue weighted by Crippen LogP contribution is 2.30. The molecule has 1 atom stereocenters. The maximum atomic E-state index is 6.03. The average molecular weight is 273 g/mol. The molecule has 5 heteroatoms. The lowest BCUT2D eigenvalue weighted by Crippen LogP contribution is -2.11. The summed E-state index contributed by atoms with van der Waals surface area (Å²) in [6, 6.07) is 1.77. The van der Waals surface area contributed by atoms with Crippen LogP contribution in [0.1, 0.15) is 22.5 Å². The first-order valence-electron chi connectivity index (χ1n) is 4.09. The molecule has 0 saturated carbocycles. The molecule has 0 aromatic carbocycles. The van der Waals surface area contributed by atoms with E-state index in [1.54, 1.807) is 24.5 Å². The number of thiophene rings is 1. The summed E-state index contributed by atoms with van der Waals surface area (Å²) in [7, 11) is 0. The van der Waals surface area contributed by atoms with Crippen molar-refractivity contribution in [2.24, 2.45) is 5.73 Å². The van der Waals surface area contributed by atoms with Crippen LogP contribution in [-0.4, -0.2) is 4.98 Å². The summed E-state index contributed by atoms with van der Waals surface area (Å²) in [5.41, 5.74) is 6.80. The SMILES string of the molecule is Cc1nc(C(N)c2sccc2Br)co1. The van der Waals surface area contributed by atoms with Crippen LogP contribution >= 0.6 is 27.3 Å². The molecule has 0 aliphatic carbocycles. The van der Waals surface area contributed by atoms with Crippen LogP contribution < -0.4 is 5.73 Å². The number of rotatable bonds is 2. The topological polar surface area (TPSA) is 52.0 Å². The first kappa shape index (κ1) is 9.89. The summed E-state index contributed by atoms with van der Waals surface area (Å²) in [6.07, 6.45) is 1.60. The largest absolute Gasteiger partial charge is 0.449 e. The molecule has 0 bridgehead atoms. The van der Waals surface area contributed by atoms with Gasteiger partial charge in [-0.25, -0.2) is 4.98 Å². The van der Waals surface area contributed by atoms with Crippen molar-refractivity contribution in [2.45, 2.75) is 13.0 Å². The van der Waals surface area contributed by atoms with E-state index in [0.717, 1.165) is 15.0 Å². The summed E-state index contributed by atoms with van der Waals surface area (Å²) >= 11 is 5.05. The molecule has 2 aromatic rings. The predicted molar refractivity (Wildman–Crippen MR) is 59.3 cm³/mol. The minimum Gasteiger partial charge on any atom is -0.449 e. The molecule has 2 heterocycles. The standard InChI is InChI=1S/C9H9BrN2OS/c1-5-12-7(4-13-5)8(11)9-6(10)2-3-14-9/h2-4,8H,11H2,1H3. The molecule has 0 aliphatic rings. The van der Waals surface area contributed by atoms with Gasteiger partial charge in [0, 0.05) is 16.3 Å². The number of aryl methyl sites for hydroxylation is 1. The van der Waals surface area contributed by atoms with Crippen molar-refractivity contribution in [2.75, 3.05) is 0 Å². The Kier molecular flexibility index (Phi) is 2.71. The Hall–Kier alpha value is -0.650. The van der Waals surface area contributed by atoms with Crippen LogP contribution in [0.5, 0.6) is 0 Å². The normalized spacial score (nSPS) is 13.1. The number of nitrogens with two attached hydrogens (primary N) is 1. The van der Waals surface area contributed by atoms with Gasteiger partial charge in [0.1, 0.15) is 12.0 Å². The van der Waals surface area contributed by atoms with E-state index >= 15 is 0 Å². The summed E-state index contributed by atoms with van der Waals surface area (Å²) in [6.45, 7) is 1.81. The van der Waals surface area contributed by atoms with Crippen LogP contribution in [0, 0.1) is 6.92 Å².